The van der Waals surface area contributed by atoms with Crippen LogP contribution < -0.4 is 10.6 Å². The Hall–Kier alpha value is -1.25. The molecule has 0 aliphatic rings. The van der Waals surface area contributed by atoms with Crippen molar-refractivity contribution in [2.24, 2.45) is 0 Å². The quantitative estimate of drug-likeness (QED) is 0.693. The molecule has 1 aromatic carbocycles. The molecule has 0 unspecified atom stereocenters. The van der Waals surface area contributed by atoms with Gasteiger partial charge in [-0.1, -0.05) is 26.1 Å². The maximum absolute atomic E-state index is 13.5. The Morgan fingerprint density at radius 3 is 2.72 bits per heavy atom. The lowest BCUT2D eigenvalue weighted by Gasteiger charge is -2.14. The molecule has 18 heavy (non-hydrogen) atoms. The Balaban J connectivity index is 2.37. The van der Waals surface area contributed by atoms with Crippen LogP contribution in [0.25, 0.3) is 0 Å². The molecule has 3 nitrogen and oxygen atoms in total. The van der Waals surface area contributed by atoms with Crippen molar-refractivity contribution in [2.75, 3.05) is 18.6 Å². The Morgan fingerprint density at radius 2 is 2.00 bits per heavy atom. The number of nitrogens with zero attached hydrogens (tertiary/aromatic N) is 2. The van der Waals surface area contributed by atoms with E-state index in [4.69, 9.17) is 11.6 Å². The van der Waals surface area contributed by atoms with E-state index in [0.717, 1.165) is 17.2 Å². The Labute approximate surface area is 111 Å². The molecule has 1 heterocycles. The van der Waals surface area contributed by atoms with E-state index >= 15 is 0 Å². The van der Waals surface area contributed by atoms with Crippen molar-refractivity contribution in [3.63, 3.8) is 0 Å². The molecule has 0 aliphatic heterocycles. The standard InChI is InChI=1S/C12H12ClFN3P/c1-18(2)10-6-4-3-5-9(10)16-11-8(14)7-15-12(13)17-11/h3-7H,1-2H3,(H,15,16,17). The van der Waals surface area contributed by atoms with Crippen LogP contribution in [0.5, 0.6) is 0 Å². The number of hydrogen-bond donors (Lipinski definition) is 1. The topological polar surface area (TPSA) is 37.8 Å². The van der Waals surface area contributed by atoms with E-state index < -0.39 is 5.82 Å². The van der Waals surface area contributed by atoms with Gasteiger partial charge in [-0.05, 0) is 36.3 Å². The Kier molecular flexibility index (Phi) is 4.10. The predicted molar refractivity (Wildman–Crippen MR) is 75.1 cm³/mol. The highest BCUT2D eigenvalue weighted by molar-refractivity contribution is 7.64. The van der Waals surface area contributed by atoms with Gasteiger partial charge in [0.05, 0.1) is 6.20 Å². The zero-order chi connectivity index (χ0) is 13.1. The lowest BCUT2D eigenvalue weighted by molar-refractivity contribution is 0.619. The second kappa shape index (κ2) is 5.59. The predicted octanol–water partition coefficient (Wildman–Crippen LogP) is 3.38. The molecule has 0 amide bonds. The average Bonchev–Trinajstić information content (AvgIpc) is 2.34. The molecule has 6 heteroatoms. The molecule has 0 fully saturated rings. The molecule has 1 N–H and O–H groups in total. The fraction of sp³-hybridized carbons (Fsp3) is 0.167. The number of anilines is 2. The molecule has 0 radical (unpaired) electrons. The summed E-state index contributed by atoms with van der Waals surface area (Å²) in [6.45, 7) is 4.28. The molecule has 0 spiro atoms. The van der Waals surface area contributed by atoms with Crippen LogP contribution in [0.4, 0.5) is 15.9 Å². The fourth-order valence-corrected chi connectivity index (χ4v) is 2.66. The number of nitrogens with one attached hydrogen (secondary N) is 1. The molecule has 1 aromatic heterocycles. The van der Waals surface area contributed by atoms with Crippen molar-refractivity contribution >= 4 is 36.3 Å². The van der Waals surface area contributed by atoms with Crippen molar-refractivity contribution in [1.82, 2.24) is 9.97 Å². The van der Waals surface area contributed by atoms with Crippen molar-refractivity contribution in [3.05, 3.63) is 41.6 Å². The summed E-state index contributed by atoms with van der Waals surface area (Å²) in [6, 6.07) is 7.78. The molecule has 0 bridgehead atoms. The van der Waals surface area contributed by atoms with Crippen molar-refractivity contribution < 1.29 is 4.39 Å². The van der Waals surface area contributed by atoms with Gasteiger partial charge in [0, 0.05) is 5.69 Å². The summed E-state index contributed by atoms with van der Waals surface area (Å²) in [5, 5.41) is 4.14. The number of rotatable bonds is 3. The van der Waals surface area contributed by atoms with Gasteiger partial charge in [-0.25, -0.2) is 9.37 Å². The molecule has 0 saturated carbocycles. The van der Waals surface area contributed by atoms with E-state index in [-0.39, 0.29) is 19.0 Å². The van der Waals surface area contributed by atoms with Gasteiger partial charge >= 0.3 is 0 Å². The first-order chi connectivity index (χ1) is 8.58. The fourth-order valence-electron chi connectivity index (χ4n) is 1.53. The van der Waals surface area contributed by atoms with E-state index in [9.17, 15) is 4.39 Å². The van der Waals surface area contributed by atoms with E-state index in [1.165, 1.54) is 0 Å². The molecular weight excluding hydrogens is 272 g/mol. The maximum Gasteiger partial charge on any atom is 0.224 e. The highest BCUT2D eigenvalue weighted by atomic mass is 35.5. The summed E-state index contributed by atoms with van der Waals surface area (Å²) < 4.78 is 13.5. The molecule has 2 rings (SSSR count). The van der Waals surface area contributed by atoms with Crippen LogP contribution in [0.1, 0.15) is 0 Å². The zero-order valence-corrected chi connectivity index (χ0v) is 11.6. The first kappa shape index (κ1) is 13.2. The lowest BCUT2D eigenvalue weighted by Crippen LogP contribution is -2.09. The Bertz CT molecular complexity index is 563. The average molecular weight is 284 g/mol. The first-order valence-corrected chi connectivity index (χ1v) is 7.91. The van der Waals surface area contributed by atoms with Gasteiger partial charge in [0.2, 0.25) is 5.28 Å². The van der Waals surface area contributed by atoms with Crippen LogP contribution in [-0.2, 0) is 0 Å². The highest BCUT2D eigenvalue weighted by Gasteiger charge is 2.10. The summed E-state index contributed by atoms with van der Waals surface area (Å²) in [7, 11) is -0.291. The molecule has 0 saturated heterocycles. The van der Waals surface area contributed by atoms with Gasteiger partial charge in [0.25, 0.3) is 0 Å². The summed E-state index contributed by atoms with van der Waals surface area (Å²) >= 11 is 5.66. The third-order valence-corrected chi connectivity index (χ3v) is 3.89. The number of halogens is 2. The van der Waals surface area contributed by atoms with Crippen LogP contribution in [0.15, 0.2) is 30.5 Å². The van der Waals surface area contributed by atoms with Gasteiger partial charge in [-0.2, -0.15) is 4.98 Å². The van der Waals surface area contributed by atoms with Crippen molar-refractivity contribution in [3.8, 4) is 0 Å². The number of hydrogen-bond acceptors (Lipinski definition) is 3. The number of aromatic nitrogens is 2. The number of benzene rings is 1. The van der Waals surface area contributed by atoms with E-state index in [0.29, 0.717) is 0 Å². The third kappa shape index (κ3) is 2.95. The molecule has 0 aliphatic carbocycles. The van der Waals surface area contributed by atoms with Gasteiger partial charge in [0.15, 0.2) is 11.6 Å². The summed E-state index contributed by atoms with van der Waals surface area (Å²) in [4.78, 5) is 7.43. The second-order valence-corrected chi connectivity index (χ2v) is 6.48. The van der Waals surface area contributed by atoms with E-state index in [1.54, 1.807) is 0 Å². The minimum absolute atomic E-state index is 0.0200. The van der Waals surface area contributed by atoms with Gasteiger partial charge in [-0.15, -0.1) is 0 Å². The third-order valence-electron chi connectivity index (χ3n) is 2.35. The summed E-state index contributed by atoms with van der Waals surface area (Å²) in [5.41, 5.74) is 0.849. The molecule has 0 atom stereocenters. The van der Waals surface area contributed by atoms with Crippen molar-refractivity contribution in [2.45, 2.75) is 0 Å². The van der Waals surface area contributed by atoms with E-state index in [1.807, 2.05) is 24.3 Å². The SMILES string of the molecule is CP(C)c1ccccc1Nc1nc(Cl)ncc1F. The minimum Gasteiger partial charge on any atom is -0.337 e. The Morgan fingerprint density at radius 1 is 1.28 bits per heavy atom. The lowest BCUT2D eigenvalue weighted by atomic mass is 10.3. The largest absolute Gasteiger partial charge is 0.337 e. The monoisotopic (exact) mass is 283 g/mol. The van der Waals surface area contributed by atoms with Gasteiger partial charge < -0.3 is 5.32 Å². The molecule has 2 aromatic rings. The van der Waals surface area contributed by atoms with Crippen LogP contribution in [0.2, 0.25) is 5.28 Å². The van der Waals surface area contributed by atoms with E-state index in [2.05, 4.69) is 28.6 Å². The van der Waals surface area contributed by atoms with Gasteiger partial charge in [-0.3, -0.25) is 0 Å². The summed E-state index contributed by atoms with van der Waals surface area (Å²) in [6.07, 6.45) is 1.06. The zero-order valence-electron chi connectivity index (χ0n) is 9.98. The normalized spacial score (nSPS) is 10.7. The van der Waals surface area contributed by atoms with Crippen LogP contribution in [-0.4, -0.2) is 23.3 Å². The van der Waals surface area contributed by atoms with Crippen LogP contribution in [0, 0.1) is 5.82 Å². The molecule has 94 valence electrons. The van der Waals surface area contributed by atoms with Crippen LogP contribution >= 0.6 is 19.5 Å². The van der Waals surface area contributed by atoms with Crippen molar-refractivity contribution in [1.29, 1.82) is 0 Å². The highest BCUT2D eigenvalue weighted by Crippen LogP contribution is 2.29. The van der Waals surface area contributed by atoms with Gasteiger partial charge in [0.1, 0.15) is 0 Å². The molecular formula is C12H12ClFN3P. The smallest absolute Gasteiger partial charge is 0.224 e. The minimum atomic E-state index is -0.522. The maximum atomic E-state index is 13.5. The second-order valence-electron chi connectivity index (χ2n) is 3.87. The van der Waals surface area contributed by atoms with Crippen LogP contribution in [0.3, 0.4) is 0 Å². The number of para-hydroxylation sites is 1. The summed E-state index contributed by atoms with van der Waals surface area (Å²) in [5.74, 6) is -0.426. The first-order valence-electron chi connectivity index (χ1n) is 5.29.